The Balaban J connectivity index is 2.65. The molecule has 0 saturated carbocycles. The van der Waals surface area contributed by atoms with E-state index in [0.717, 1.165) is 25.0 Å². The average molecular weight is 455 g/mol. The van der Waals surface area contributed by atoms with Gasteiger partial charge in [0.1, 0.15) is 5.75 Å². The first-order valence-corrected chi connectivity index (χ1v) is 14.2. The Morgan fingerprint density at radius 3 is 1.97 bits per heavy atom. The Morgan fingerprint density at radius 1 is 0.839 bits per heavy atom. The van der Waals surface area contributed by atoms with Crippen molar-refractivity contribution in [2.24, 2.45) is 0 Å². The van der Waals surface area contributed by atoms with E-state index in [1.807, 2.05) is 6.92 Å². The molecule has 0 aromatic heterocycles. The zero-order valence-corrected chi connectivity index (χ0v) is 21.0. The van der Waals surface area contributed by atoms with Crippen LogP contribution in [-0.4, -0.2) is 24.8 Å². The Hall–Kier alpha value is -1.07. The van der Waals surface area contributed by atoms with Gasteiger partial charge in [-0.1, -0.05) is 90.2 Å². The first-order chi connectivity index (χ1) is 14.9. The first kappa shape index (κ1) is 28.0. The van der Waals surface area contributed by atoms with Crippen molar-refractivity contribution < 1.29 is 17.7 Å². The molecule has 0 saturated heterocycles. The van der Waals surface area contributed by atoms with Crippen LogP contribution in [0.3, 0.4) is 0 Å². The van der Waals surface area contributed by atoms with Crippen LogP contribution in [0.25, 0.3) is 0 Å². The predicted molar refractivity (Wildman–Crippen MR) is 132 cm³/mol. The van der Waals surface area contributed by atoms with Gasteiger partial charge in [-0.2, -0.15) is 8.42 Å². The molecule has 1 aromatic rings. The zero-order chi connectivity index (χ0) is 23.0. The third-order valence-electron chi connectivity index (χ3n) is 5.85. The fourth-order valence-corrected chi connectivity index (χ4v) is 4.52. The highest BCUT2D eigenvalue weighted by atomic mass is 32.2. The molecule has 0 radical (unpaired) electrons. The number of rotatable bonds is 19. The molecule has 0 amide bonds. The molecule has 31 heavy (non-hydrogen) atoms. The Morgan fingerprint density at radius 2 is 1.39 bits per heavy atom. The minimum atomic E-state index is -3.95. The number of unbranched alkanes of at least 4 members (excludes halogenated alkanes) is 10. The smallest absolute Gasteiger partial charge is 0.264 e. The summed E-state index contributed by atoms with van der Waals surface area (Å²) in [4.78, 5) is 0. The molecule has 0 aliphatic rings. The van der Waals surface area contributed by atoms with Crippen molar-refractivity contribution >= 4 is 10.1 Å². The van der Waals surface area contributed by atoms with Crippen LogP contribution in [0.15, 0.2) is 18.2 Å². The summed E-state index contributed by atoms with van der Waals surface area (Å²) in [5, 5.41) is 0. The molecule has 5 heteroatoms. The lowest BCUT2D eigenvalue weighted by molar-refractivity contribution is 0.215. The van der Waals surface area contributed by atoms with Gasteiger partial charge in [0.05, 0.1) is 11.9 Å². The molecule has 0 aliphatic heterocycles. The molecule has 4 nitrogen and oxygen atoms in total. The summed E-state index contributed by atoms with van der Waals surface area (Å²) in [6, 6.07) is 6.51. The maximum absolute atomic E-state index is 11.0. The van der Waals surface area contributed by atoms with Crippen LogP contribution in [0.2, 0.25) is 0 Å². The van der Waals surface area contributed by atoms with Gasteiger partial charge < -0.3 is 4.74 Å². The van der Waals surface area contributed by atoms with E-state index in [4.69, 9.17) is 9.29 Å². The topological polar surface area (TPSA) is 63.6 Å². The van der Waals surface area contributed by atoms with Crippen molar-refractivity contribution in [1.82, 2.24) is 0 Å². The van der Waals surface area contributed by atoms with Gasteiger partial charge in [0.2, 0.25) is 0 Å². The van der Waals surface area contributed by atoms with E-state index in [1.165, 1.54) is 81.8 Å². The summed E-state index contributed by atoms with van der Waals surface area (Å²) >= 11 is 0. The minimum Gasteiger partial charge on any atom is -0.490 e. The van der Waals surface area contributed by atoms with Crippen LogP contribution in [0.5, 0.6) is 5.75 Å². The molecular weight excluding hydrogens is 408 g/mol. The minimum absolute atomic E-state index is 0.255. The monoisotopic (exact) mass is 454 g/mol. The van der Waals surface area contributed by atoms with Crippen LogP contribution in [0.4, 0.5) is 0 Å². The zero-order valence-electron chi connectivity index (χ0n) is 20.2. The summed E-state index contributed by atoms with van der Waals surface area (Å²) < 4.78 is 37.1. The summed E-state index contributed by atoms with van der Waals surface area (Å²) in [6.07, 6.45) is 17.5. The SMILES string of the molecule is CCCCCCCCc1ccc(OC(C)CCS(=O)(=O)O)c(CCCCCCCC)c1. The van der Waals surface area contributed by atoms with Crippen molar-refractivity contribution in [3.63, 3.8) is 0 Å². The highest BCUT2D eigenvalue weighted by Crippen LogP contribution is 2.26. The predicted octanol–water partition coefficient (Wildman–Crippen LogP) is 7.54. The summed E-state index contributed by atoms with van der Waals surface area (Å²) in [7, 11) is -3.95. The molecule has 0 spiro atoms. The maximum Gasteiger partial charge on any atom is 0.264 e. The molecule has 1 unspecified atom stereocenters. The van der Waals surface area contributed by atoms with Gasteiger partial charge in [-0.25, -0.2) is 0 Å². The van der Waals surface area contributed by atoms with Crippen molar-refractivity contribution in [3.05, 3.63) is 29.3 Å². The molecule has 0 aliphatic carbocycles. The van der Waals surface area contributed by atoms with Crippen LogP contribution in [0, 0.1) is 0 Å². The molecule has 1 atom stereocenters. The normalized spacial score (nSPS) is 12.8. The molecule has 0 heterocycles. The maximum atomic E-state index is 11.0. The van der Waals surface area contributed by atoms with Crippen LogP contribution >= 0.6 is 0 Å². The Bertz CT molecular complexity index is 685. The molecule has 1 N–H and O–H groups in total. The number of benzene rings is 1. The molecule has 0 fully saturated rings. The van der Waals surface area contributed by atoms with E-state index < -0.39 is 10.1 Å². The third-order valence-corrected chi connectivity index (χ3v) is 6.61. The van der Waals surface area contributed by atoms with Crippen molar-refractivity contribution in [1.29, 1.82) is 0 Å². The highest BCUT2D eigenvalue weighted by molar-refractivity contribution is 7.85. The number of ether oxygens (including phenoxy) is 1. The lowest BCUT2D eigenvalue weighted by atomic mass is 9.99. The Labute approximate surface area is 191 Å². The largest absolute Gasteiger partial charge is 0.490 e. The molecular formula is C26H46O4S. The van der Waals surface area contributed by atoms with Crippen molar-refractivity contribution in [3.8, 4) is 5.75 Å². The van der Waals surface area contributed by atoms with Crippen LogP contribution in [-0.2, 0) is 23.0 Å². The van der Waals surface area contributed by atoms with Gasteiger partial charge in [-0.05, 0) is 49.8 Å². The van der Waals surface area contributed by atoms with Gasteiger partial charge in [0.25, 0.3) is 10.1 Å². The second-order valence-corrected chi connectivity index (χ2v) is 10.6. The van der Waals surface area contributed by atoms with Gasteiger partial charge in [0.15, 0.2) is 0 Å². The number of hydrogen-bond donors (Lipinski definition) is 1. The molecule has 180 valence electrons. The fourth-order valence-electron chi connectivity index (χ4n) is 3.89. The van der Waals surface area contributed by atoms with E-state index in [0.29, 0.717) is 0 Å². The quantitative estimate of drug-likeness (QED) is 0.173. The fraction of sp³-hybridized carbons (Fsp3) is 0.769. The average Bonchev–Trinajstić information content (AvgIpc) is 2.72. The second kappa shape index (κ2) is 16.5. The van der Waals surface area contributed by atoms with Crippen molar-refractivity contribution in [2.45, 2.75) is 123 Å². The van der Waals surface area contributed by atoms with Gasteiger partial charge in [0, 0.05) is 6.42 Å². The van der Waals surface area contributed by atoms with Crippen LogP contribution < -0.4 is 4.74 Å². The lowest BCUT2D eigenvalue weighted by Crippen LogP contribution is -2.18. The summed E-state index contributed by atoms with van der Waals surface area (Å²) in [6.45, 7) is 6.35. The van der Waals surface area contributed by atoms with E-state index in [-0.39, 0.29) is 18.3 Å². The third kappa shape index (κ3) is 14.6. The number of aryl methyl sites for hydroxylation is 2. The van der Waals surface area contributed by atoms with E-state index in [2.05, 4.69) is 32.0 Å². The standard InChI is InChI=1S/C26H46O4S/c1-4-6-8-10-12-14-16-24-18-19-26(30-23(3)20-21-31(27,28)29)25(22-24)17-15-13-11-9-7-5-2/h18-19,22-23H,4-17,20-21H2,1-3H3,(H,27,28,29). The first-order valence-electron chi connectivity index (χ1n) is 12.6. The van der Waals surface area contributed by atoms with E-state index >= 15 is 0 Å². The Kier molecular flexibility index (Phi) is 14.9. The van der Waals surface area contributed by atoms with Gasteiger partial charge in [-0.3, -0.25) is 4.55 Å². The van der Waals surface area contributed by atoms with Crippen molar-refractivity contribution in [2.75, 3.05) is 5.75 Å². The van der Waals surface area contributed by atoms with E-state index in [1.54, 1.807) is 0 Å². The lowest BCUT2D eigenvalue weighted by Gasteiger charge is -2.18. The summed E-state index contributed by atoms with van der Waals surface area (Å²) in [5.74, 6) is 0.597. The van der Waals surface area contributed by atoms with E-state index in [9.17, 15) is 8.42 Å². The number of hydrogen-bond acceptors (Lipinski definition) is 3. The summed E-state index contributed by atoms with van der Waals surface area (Å²) in [5.41, 5.74) is 2.60. The highest BCUT2D eigenvalue weighted by Gasteiger charge is 2.13. The molecule has 0 bridgehead atoms. The van der Waals surface area contributed by atoms with Gasteiger partial charge in [-0.15, -0.1) is 0 Å². The van der Waals surface area contributed by atoms with Gasteiger partial charge >= 0.3 is 0 Å². The second-order valence-electron chi connectivity index (χ2n) is 8.98. The molecule has 1 rings (SSSR count). The van der Waals surface area contributed by atoms with Crippen LogP contribution in [0.1, 0.15) is 115 Å². The molecule has 1 aromatic carbocycles.